The molecule has 0 aliphatic carbocycles. The highest BCUT2D eigenvalue weighted by molar-refractivity contribution is 5.94. The lowest BCUT2D eigenvalue weighted by Crippen LogP contribution is -2.38. The summed E-state index contributed by atoms with van der Waals surface area (Å²) >= 11 is 0. The highest BCUT2D eigenvalue weighted by Gasteiger charge is 2.30. The Bertz CT molecular complexity index is 1150. The van der Waals surface area contributed by atoms with Gasteiger partial charge in [0, 0.05) is 24.0 Å². The molecule has 1 atom stereocenters. The van der Waals surface area contributed by atoms with Crippen molar-refractivity contribution in [3.05, 3.63) is 84.1 Å². The first kappa shape index (κ1) is 17.7. The van der Waals surface area contributed by atoms with Gasteiger partial charge in [-0.1, -0.05) is 30.3 Å². The van der Waals surface area contributed by atoms with Crippen LogP contribution in [-0.2, 0) is 0 Å². The molecule has 1 N–H and O–H groups in total. The molecule has 0 spiro atoms. The summed E-state index contributed by atoms with van der Waals surface area (Å²) in [5.41, 5.74) is 2.93. The van der Waals surface area contributed by atoms with Crippen molar-refractivity contribution in [2.45, 2.75) is 25.3 Å². The lowest BCUT2D eigenvalue weighted by molar-refractivity contribution is 0.0607. The SMILES string of the molecule is O=C(c1cnn(-c2ccccc2F)c1)N1CCCCC1c1cc2ccccc2[nH]1. The fourth-order valence-electron chi connectivity index (χ4n) is 4.14. The molecule has 29 heavy (non-hydrogen) atoms. The number of carbonyl (C=O) groups is 1. The molecule has 6 heteroatoms. The number of carbonyl (C=O) groups excluding carboxylic acids is 1. The number of likely N-dealkylation sites (tertiary alicyclic amines) is 1. The van der Waals surface area contributed by atoms with Gasteiger partial charge < -0.3 is 9.88 Å². The van der Waals surface area contributed by atoms with E-state index in [0.717, 1.165) is 35.9 Å². The van der Waals surface area contributed by atoms with Crippen molar-refractivity contribution in [3.8, 4) is 5.69 Å². The number of nitrogens with one attached hydrogen (secondary N) is 1. The van der Waals surface area contributed by atoms with Crippen molar-refractivity contribution < 1.29 is 9.18 Å². The number of H-pyrrole nitrogens is 1. The molecule has 2 aromatic carbocycles. The lowest BCUT2D eigenvalue weighted by Gasteiger charge is -2.35. The number of rotatable bonds is 3. The zero-order valence-electron chi connectivity index (χ0n) is 15.9. The summed E-state index contributed by atoms with van der Waals surface area (Å²) in [5.74, 6) is -0.445. The van der Waals surface area contributed by atoms with E-state index in [1.807, 2.05) is 23.1 Å². The average molecular weight is 388 g/mol. The number of amides is 1. The predicted molar refractivity (Wildman–Crippen MR) is 109 cm³/mol. The molecular weight excluding hydrogens is 367 g/mol. The van der Waals surface area contributed by atoms with Crippen molar-refractivity contribution >= 4 is 16.8 Å². The van der Waals surface area contributed by atoms with E-state index < -0.39 is 0 Å². The number of benzene rings is 2. The van der Waals surface area contributed by atoms with Gasteiger partial charge in [-0.15, -0.1) is 0 Å². The van der Waals surface area contributed by atoms with Crippen LogP contribution in [0.5, 0.6) is 0 Å². The molecular formula is C23H21FN4O. The Labute approximate surface area is 167 Å². The van der Waals surface area contributed by atoms with Crippen molar-refractivity contribution in [2.24, 2.45) is 0 Å². The van der Waals surface area contributed by atoms with Gasteiger partial charge in [0.2, 0.25) is 0 Å². The van der Waals surface area contributed by atoms with Gasteiger partial charge in [-0.25, -0.2) is 9.07 Å². The van der Waals surface area contributed by atoms with E-state index in [9.17, 15) is 9.18 Å². The summed E-state index contributed by atoms with van der Waals surface area (Å²) in [6.07, 6.45) is 6.10. The van der Waals surface area contributed by atoms with Crippen LogP contribution < -0.4 is 0 Å². The van der Waals surface area contributed by atoms with Gasteiger partial charge in [-0.3, -0.25) is 4.79 Å². The molecule has 1 aliphatic heterocycles. The molecule has 1 amide bonds. The quantitative estimate of drug-likeness (QED) is 0.545. The fraction of sp³-hybridized carbons (Fsp3) is 0.217. The van der Waals surface area contributed by atoms with E-state index in [2.05, 4.69) is 22.2 Å². The highest BCUT2D eigenvalue weighted by Crippen LogP contribution is 2.33. The predicted octanol–water partition coefficient (Wildman–Crippen LogP) is 4.86. The van der Waals surface area contributed by atoms with E-state index in [1.165, 1.54) is 16.9 Å². The number of halogens is 1. The second kappa shape index (κ2) is 7.20. The Morgan fingerprint density at radius 2 is 1.93 bits per heavy atom. The molecule has 4 aromatic rings. The van der Waals surface area contributed by atoms with Crippen LogP contribution in [0.3, 0.4) is 0 Å². The second-order valence-electron chi connectivity index (χ2n) is 7.45. The fourth-order valence-corrected chi connectivity index (χ4v) is 4.14. The maximum atomic E-state index is 14.1. The largest absolute Gasteiger partial charge is 0.357 e. The normalized spacial score (nSPS) is 17.0. The first-order valence-electron chi connectivity index (χ1n) is 9.89. The number of hydrogen-bond donors (Lipinski definition) is 1. The average Bonchev–Trinajstić information content (AvgIpc) is 3.41. The molecule has 1 fully saturated rings. The molecule has 0 bridgehead atoms. The number of nitrogens with zero attached hydrogens (tertiary/aromatic N) is 3. The van der Waals surface area contributed by atoms with Gasteiger partial charge in [-0.2, -0.15) is 5.10 Å². The summed E-state index contributed by atoms with van der Waals surface area (Å²) in [5, 5.41) is 5.36. The van der Waals surface area contributed by atoms with Crippen LogP contribution in [0.2, 0.25) is 0 Å². The summed E-state index contributed by atoms with van der Waals surface area (Å²) in [6, 6.07) is 16.7. The smallest absolute Gasteiger partial charge is 0.257 e. The third-order valence-corrected chi connectivity index (χ3v) is 5.60. The molecule has 3 heterocycles. The molecule has 1 unspecified atom stereocenters. The summed E-state index contributed by atoms with van der Waals surface area (Å²) in [6.45, 7) is 0.698. The minimum absolute atomic E-state index is 0.000427. The summed E-state index contributed by atoms with van der Waals surface area (Å²) < 4.78 is 15.5. The zero-order chi connectivity index (χ0) is 19.8. The van der Waals surface area contributed by atoms with Crippen molar-refractivity contribution in [2.75, 3.05) is 6.54 Å². The molecule has 2 aromatic heterocycles. The third-order valence-electron chi connectivity index (χ3n) is 5.60. The molecule has 0 saturated carbocycles. The topological polar surface area (TPSA) is 53.9 Å². The number of hydrogen-bond acceptors (Lipinski definition) is 2. The molecule has 5 rings (SSSR count). The standard InChI is InChI=1S/C23H21FN4O/c24-18-8-2-4-10-21(18)28-15-17(14-25-28)23(29)27-12-6-5-11-22(27)20-13-16-7-1-3-9-19(16)26-20/h1-4,7-10,13-15,22,26H,5-6,11-12H2. The number of para-hydroxylation sites is 2. The van der Waals surface area contributed by atoms with Crippen LogP contribution in [0.15, 0.2) is 67.0 Å². The van der Waals surface area contributed by atoms with Crippen LogP contribution in [-0.4, -0.2) is 32.1 Å². The molecule has 1 aliphatic rings. The van der Waals surface area contributed by atoms with Crippen LogP contribution in [0.4, 0.5) is 4.39 Å². The van der Waals surface area contributed by atoms with Gasteiger partial charge in [0.1, 0.15) is 11.5 Å². The Hall–Kier alpha value is -3.41. The Morgan fingerprint density at radius 3 is 2.79 bits per heavy atom. The van der Waals surface area contributed by atoms with E-state index in [-0.39, 0.29) is 17.8 Å². The maximum absolute atomic E-state index is 14.1. The Balaban J connectivity index is 1.45. The monoisotopic (exact) mass is 388 g/mol. The number of aromatic amines is 1. The van der Waals surface area contributed by atoms with Gasteiger partial charge >= 0.3 is 0 Å². The second-order valence-corrected chi connectivity index (χ2v) is 7.45. The summed E-state index contributed by atoms with van der Waals surface area (Å²) in [4.78, 5) is 18.7. The first-order valence-corrected chi connectivity index (χ1v) is 9.89. The van der Waals surface area contributed by atoms with E-state index in [1.54, 1.807) is 24.4 Å². The third kappa shape index (κ3) is 3.20. The van der Waals surface area contributed by atoms with Gasteiger partial charge in [0.05, 0.1) is 17.8 Å². The van der Waals surface area contributed by atoms with Crippen LogP contribution in [0.1, 0.15) is 41.4 Å². The first-order chi connectivity index (χ1) is 14.2. The highest BCUT2D eigenvalue weighted by atomic mass is 19.1. The number of fused-ring (bicyclic) bond motifs is 1. The van der Waals surface area contributed by atoms with E-state index in [0.29, 0.717) is 17.8 Å². The van der Waals surface area contributed by atoms with Crippen molar-refractivity contribution in [3.63, 3.8) is 0 Å². The lowest BCUT2D eigenvalue weighted by atomic mass is 9.98. The van der Waals surface area contributed by atoms with E-state index in [4.69, 9.17) is 0 Å². The van der Waals surface area contributed by atoms with Crippen LogP contribution in [0.25, 0.3) is 16.6 Å². The van der Waals surface area contributed by atoms with Crippen molar-refractivity contribution in [1.29, 1.82) is 0 Å². The minimum Gasteiger partial charge on any atom is -0.357 e. The number of piperidine rings is 1. The Kier molecular flexibility index (Phi) is 4.39. The Morgan fingerprint density at radius 1 is 1.10 bits per heavy atom. The van der Waals surface area contributed by atoms with Gasteiger partial charge in [0.15, 0.2) is 0 Å². The molecule has 5 nitrogen and oxygen atoms in total. The van der Waals surface area contributed by atoms with Crippen LogP contribution >= 0.6 is 0 Å². The molecule has 146 valence electrons. The van der Waals surface area contributed by atoms with Crippen LogP contribution in [0, 0.1) is 5.82 Å². The maximum Gasteiger partial charge on any atom is 0.257 e. The van der Waals surface area contributed by atoms with Gasteiger partial charge in [0.25, 0.3) is 5.91 Å². The number of aromatic nitrogens is 3. The minimum atomic E-state index is -0.372. The zero-order valence-corrected chi connectivity index (χ0v) is 15.9. The summed E-state index contributed by atoms with van der Waals surface area (Å²) in [7, 11) is 0. The van der Waals surface area contributed by atoms with E-state index >= 15 is 0 Å². The van der Waals surface area contributed by atoms with Crippen molar-refractivity contribution in [1.82, 2.24) is 19.7 Å². The molecule has 1 saturated heterocycles. The molecule has 0 radical (unpaired) electrons. The van der Waals surface area contributed by atoms with Gasteiger partial charge in [-0.05, 0) is 48.9 Å².